The molecule has 0 unspecified atom stereocenters. The van der Waals surface area contributed by atoms with E-state index in [9.17, 15) is 21.6 Å². The fourth-order valence-electron chi connectivity index (χ4n) is 2.83. The van der Waals surface area contributed by atoms with Crippen LogP contribution in [0.25, 0.3) is 0 Å². The molecule has 0 radical (unpaired) electrons. The molecule has 0 bridgehead atoms. The lowest BCUT2D eigenvalue weighted by Gasteiger charge is -2.34. The van der Waals surface area contributed by atoms with Gasteiger partial charge in [-0.3, -0.25) is 0 Å². The molecule has 0 amide bonds. The standard InChI is InChI=1S/C17H17BrF3N3O2S/c1-12-10-14(3-4-15(12)18)27(25,26)24-8-6-23(7-9-24)16-5-2-13(11-22-16)17(19,20)21/h2-5,10-11H,6-9H2,1H3. The Labute approximate surface area is 164 Å². The summed E-state index contributed by atoms with van der Waals surface area (Å²) in [5, 5.41) is 0. The van der Waals surface area contributed by atoms with E-state index in [-0.39, 0.29) is 18.0 Å². The summed E-state index contributed by atoms with van der Waals surface area (Å²) >= 11 is 3.35. The van der Waals surface area contributed by atoms with Gasteiger partial charge in [-0.1, -0.05) is 15.9 Å². The van der Waals surface area contributed by atoms with E-state index in [0.29, 0.717) is 18.9 Å². The number of aryl methyl sites for hydroxylation is 1. The lowest BCUT2D eigenvalue weighted by atomic mass is 10.2. The van der Waals surface area contributed by atoms with E-state index >= 15 is 0 Å². The fourth-order valence-corrected chi connectivity index (χ4v) is 4.58. The first-order valence-corrected chi connectivity index (χ1v) is 10.4. The average molecular weight is 464 g/mol. The molecular formula is C17H17BrF3N3O2S. The Morgan fingerprint density at radius 1 is 1.07 bits per heavy atom. The number of benzene rings is 1. The summed E-state index contributed by atoms with van der Waals surface area (Å²) in [5.41, 5.74) is 0.0155. The highest BCUT2D eigenvalue weighted by Crippen LogP contribution is 2.30. The van der Waals surface area contributed by atoms with Gasteiger partial charge in [0, 0.05) is 36.8 Å². The molecule has 0 N–H and O–H groups in total. The van der Waals surface area contributed by atoms with Gasteiger partial charge >= 0.3 is 6.18 Å². The second kappa shape index (κ2) is 7.40. The van der Waals surface area contributed by atoms with Gasteiger partial charge in [-0.25, -0.2) is 13.4 Å². The molecule has 1 aliphatic rings. The smallest absolute Gasteiger partial charge is 0.354 e. The molecule has 5 nitrogen and oxygen atoms in total. The maximum Gasteiger partial charge on any atom is 0.417 e. The van der Waals surface area contributed by atoms with Crippen molar-refractivity contribution in [2.75, 3.05) is 31.1 Å². The third-order valence-electron chi connectivity index (χ3n) is 4.41. The fraction of sp³-hybridized carbons (Fsp3) is 0.353. The van der Waals surface area contributed by atoms with Gasteiger partial charge in [0.25, 0.3) is 0 Å². The Morgan fingerprint density at radius 2 is 1.74 bits per heavy atom. The number of anilines is 1. The van der Waals surface area contributed by atoms with Gasteiger partial charge in [-0.05, 0) is 42.8 Å². The first-order chi connectivity index (χ1) is 12.6. The van der Waals surface area contributed by atoms with Crippen LogP contribution in [-0.2, 0) is 16.2 Å². The number of nitrogens with zero attached hydrogens (tertiary/aromatic N) is 3. The number of sulfonamides is 1. The van der Waals surface area contributed by atoms with Gasteiger partial charge < -0.3 is 4.90 Å². The van der Waals surface area contributed by atoms with Crippen molar-refractivity contribution >= 4 is 31.8 Å². The summed E-state index contributed by atoms with van der Waals surface area (Å²) in [6.07, 6.45) is -3.63. The van der Waals surface area contributed by atoms with Crippen molar-refractivity contribution in [3.8, 4) is 0 Å². The summed E-state index contributed by atoms with van der Waals surface area (Å²) in [7, 11) is -3.62. The van der Waals surface area contributed by atoms with Crippen LogP contribution < -0.4 is 4.90 Å². The van der Waals surface area contributed by atoms with Gasteiger partial charge in [-0.2, -0.15) is 17.5 Å². The number of alkyl halides is 3. The van der Waals surface area contributed by atoms with Crippen LogP contribution >= 0.6 is 15.9 Å². The van der Waals surface area contributed by atoms with Gasteiger partial charge in [-0.15, -0.1) is 0 Å². The van der Waals surface area contributed by atoms with Crippen molar-refractivity contribution < 1.29 is 21.6 Å². The number of pyridine rings is 1. The highest BCUT2D eigenvalue weighted by molar-refractivity contribution is 9.10. The molecule has 0 spiro atoms. The third kappa shape index (κ3) is 4.27. The first-order valence-electron chi connectivity index (χ1n) is 8.13. The molecule has 3 rings (SSSR count). The van der Waals surface area contributed by atoms with Crippen LogP contribution in [0.2, 0.25) is 0 Å². The summed E-state index contributed by atoms with van der Waals surface area (Å²) < 4.78 is 65.7. The molecule has 1 aromatic carbocycles. The number of piperazine rings is 1. The molecule has 0 aliphatic carbocycles. The zero-order valence-corrected chi connectivity index (χ0v) is 16.8. The van der Waals surface area contributed by atoms with E-state index in [1.54, 1.807) is 23.1 Å². The minimum Gasteiger partial charge on any atom is -0.354 e. The van der Waals surface area contributed by atoms with Crippen LogP contribution in [0.3, 0.4) is 0 Å². The van der Waals surface area contributed by atoms with E-state index in [2.05, 4.69) is 20.9 Å². The second-order valence-electron chi connectivity index (χ2n) is 6.20. The molecule has 1 aromatic heterocycles. The average Bonchev–Trinajstić information content (AvgIpc) is 2.63. The summed E-state index contributed by atoms with van der Waals surface area (Å²) in [4.78, 5) is 5.87. The van der Waals surface area contributed by atoms with Crippen molar-refractivity contribution in [2.45, 2.75) is 18.0 Å². The number of rotatable bonds is 3. The van der Waals surface area contributed by atoms with Crippen LogP contribution in [-0.4, -0.2) is 43.9 Å². The Hall–Kier alpha value is -1.65. The van der Waals surface area contributed by atoms with Crippen molar-refractivity contribution in [1.29, 1.82) is 0 Å². The summed E-state index contributed by atoms with van der Waals surface area (Å²) in [5.74, 6) is 0.402. The molecular weight excluding hydrogens is 447 g/mol. The number of halogens is 4. The second-order valence-corrected chi connectivity index (χ2v) is 9.00. The van der Waals surface area contributed by atoms with Crippen molar-refractivity contribution in [1.82, 2.24) is 9.29 Å². The maximum atomic E-state index is 12.8. The van der Waals surface area contributed by atoms with E-state index < -0.39 is 21.8 Å². The normalized spacial score (nSPS) is 16.6. The van der Waals surface area contributed by atoms with Gasteiger partial charge in [0.15, 0.2) is 0 Å². The highest BCUT2D eigenvalue weighted by atomic mass is 79.9. The van der Waals surface area contributed by atoms with Crippen molar-refractivity contribution in [3.63, 3.8) is 0 Å². The Balaban J connectivity index is 1.70. The molecule has 146 valence electrons. The predicted octanol–water partition coefficient (Wildman–Crippen LogP) is 3.68. The number of hydrogen-bond acceptors (Lipinski definition) is 4. The van der Waals surface area contributed by atoms with Crippen LogP contribution in [0.15, 0.2) is 45.9 Å². The van der Waals surface area contributed by atoms with Crippen LogP contribution in [0, 0.1) is 6.92 Å². The first kappa shape index (κ1) is 20.1. The lowest BCUT2D eigenvalue weighted by molar-refractivity contribution is -0.137. The Kier molecular flexibility index (Phi) is 5.51. The van der Waals surface area contributed by atoms with Crippen LogP contribution in [0.1, 0.15) is 11.1 Å². The topological polar surface area (TPSA) is 53.5 Å². The van der Waals surface area contributed by atoms with Gasteiger partial charge in [0.1, 0.15) is 5.82 Å². The third-order valence-corrected chi connectivity index (χ3v) is 7.19. The molecule has 10 heteroatoms. The highest BCUT2D eigenvalue weighted by Gasteiger charge is 2.32. The summed E-state index contributed by atoms with van der Waals surface area (Å²) in [6, 6.07) is 7.16. The molecule has 0 saturated carbocycles. The molecule has 0 atom stereocenters. The Morgan fingerprint density at radius 3 is 2.26 bits per heavy atom. The summed E-state index contributed by atoms with van der Waals surface area (Å²) in [6.45, 7) is 3.00. The van der Waals surface area contributed by atoms with Crippen molar-refractivity contribution in [3.05, 3.63) is 52.1 Å². The van der Waals surface area contributed by atoms with E-state index in [1.165, 1.54) is 10.4 Å². The van der Waals surface area contributed by atoms with Crippen LogP contribution in [0.4, 0.5) is 19.0 Å². The van der Waals surface area contributed by atoms with E-state index in [4.69, 9.17) is 0 Å². The minimum absolute atomic E-state index is 0.226. The Bertz CT molecular complexity index is 925. The lowest BCUT2D eigenvalue weighted by Crippen LogP contribution is -2.48. The molecule has 2 aromatic rings. The van der Waals surface area contributed by atoms with E-state index in [0.717, 1.165) is 22.3 Å². The minimum atomic E-state index is -4.43. The van der Waals surface area contributed by atoms with Gasteiger partial charge in [0.2, 0.25) is 10.0 Å². The monoisotopic (exact) mass is 463 g/mol. The molecule has 1 aliphatic heterocycles. The molecule has 1 fully saturated rings. The number of hydrogen-bond donors (Lipinski definition) is 0. The zero-order chi connectivity index (χ0) is 19.8. The molecule has 27 heavy (non-hydrogen) atoms. The zero-order valence-electron chi connectivity index (χ0n) is 14.4. The maximum absolute atomic E-state index is 12.8. The molecule has 2 heterocycles. The quantitative estimate of drug-likeness (QED) is 0.696. The van der Waals surface area contributed by atoms with Crippen molar-refractivity contribution in [2.24, 2.45) is 0 Å². The molecule has 1 saturated heterocycles. The van der Waals surface area contributed by atoms with Crippen LogP contribution in [0.5, 0.6) is 0 Å². The largest absolute Gasteiger partial charge is 0.417 e. The predicted molar refractivity (Wildman–Crippen MR) is 99.1 cm³/mol. The number of aromatic nitrogens is 1. The van der Waals surface area contributed by atoms with Gasteiger partial charge in [0.05, 0.1) is 10.5 Å². The van der Waals surface area contributed by atoms with E-state index in [1.807, 2.05) is 6.92 Å². The SMILES string of the molecule is Cc1cc(S(=O)(=O)N2CCN(c3ccc(C(F)(F)F)cn3)CC2)ccc1Br.